The van der Waals surface area contributed by atoms with Crippen LogP contribution < -0.4 is 10.6 Å². The summed E-state index contributed by atoms with van der Waals surface area (Å²) in [5.41, 5.74) is 1.60. The van der Waals surface area contributed by atoms with Gasteiger partial charge in [-0.05, 0) is 44.4 Å². The summed E-state index contributed by atoms with van der Waals surface area (Å²) in [7, 11) is 0. The molecule has 1 unspecified atom stereocenters. The first-order valence-electron chi connectivity index (χ1n) is 8.37. The van der Waals surface area contributed by atoms with Gasteiger partial charge in [0.05, 0.1) is 10.6 Å². The first-order chi connectivity index (χ1) is 12.0. The lowest BCUT2D eigenvalue weighted by molar-refractivity contribution is -0.123. The maximum Gasteiger partial charge on any atom is 0.253 e. The van der Waals surface area contributed by atoms with Gasteiger partial charge in [0.2, 0.25) is 5.91 Å². The Bertz CT molecular complexity index is 719. The van der Waals surface area contributed by atoms with Crippen molar-refractivity contribution < 1.29 is 9.59 Å². The van der Waals surface area contributed by atoms with Crippen molar-refractivity contribution in [2.24, 2.45) is 0 Å². The van der Waals surface area contributed by atoms with Gasteiger partial charge in [-0.1, -0.05) is 54.1 Å². The molecule has 0 aliphatic carbocycles. The van der Waals surface area contributed by atoms with Gasteiger partial charge >= 0.3 is 0 Å². The third kappa shape index (κ3) is 5.91. The number of carbonyl (C=O) groups is 2. The Morgan fingerprint density at radius 3 is 2.28 bits per heavy atom. The summed E-state index contributed by atoms with van der Waals surface area (Å²) in [6, 6.07) is 16.3. The van der Waals surface area contributed by atoms with Crippen LogP contribution in [0.25, 0.3) is 0 Å². The minimum absolute atomic E-state index is 0.0207. The minimum atomic E-state index is -0.636. The largest absolute Gasteiger partial charge is 0.352 e. The molecular weight excluding hydrogens is 336 g/mol. The van der Waals surface area contributed by atoms with Crippen LogP contribution in [0.3, 0.4) is 0 Å². The van der Waals surface area contributed by atoms with Crippen LogP contribution >= 0.6 is 11.6 Å². The molecule has 0 saturated carbocycles. The molecule has 2 aromatic carbocycles. The summed E-state index contributed by atoms with van der Waals surface area (Å²) in [5, 5.41) is 5.98. The normalized spacial score (nSPS) is 12.9. The molecule has 5 heteroatoms. The van der Waals surface area contributed by atoms with Crippen LogP contribution in [-0.4, -0.2) is 23.9 Å². The molecule has 132 valence electrons. The first-order valence-corrected chi connectivity index (χ1v) is 8.75. The molecule has 2 amide bonds. The molecule has 0 aliphatic heterocycles. The van der Waals surface area contributed by atoms with E-state index < -0.39 is 6.04 Å². The highest BCUT2D eigenvalue weighted by Gasteiger charge is 2.19. The van der Waals surface area contributed by atoms with Crippen LogP contribution in [-0.2, 0) is 11.2 Å². The average molecular weight is 359 g/mol. The van der Waals surface area contributed by atoms with Crippen LogP contribution in [0.4, 0.5) is 0 Å². The lowest BCUT2D eigenvalue weighted by Crippen LogP contribution is -2.47. The fourth-order valence-electron chi connectivity index (χ4n) is 2.45. The van der Waals surface area contributed by atoms with Gasteiger partial charge in [-0.3, -0.25) is 9.59 Å². The van der Waals surface area contributed by atoms with Gasteiger partial charge in [0.1, 0.15) is 6.04 Å². The van der Waals surface area contributed by atoms with Gasteiger partial charge in [0.25, 0.3) is 5.91 Å². The summed E-state index contributed by atoms with van der Waals surface area (Å²) in [6.45, 7) is 3.62. The summed E-state index contributed by atoms with van der Waals surface area (Å²) in [5.74, 6) is -0.564. The molecule has 0 fully saturated rings. The second-order valence-corrected chi connectivity index (χ2v) is 6.52. The Morgan fingerprint density at radius 2 is 1.60 bits per heavy atom. The van der Waals surface area contributed by atoms with E-state index in [0.29, 0.717) is 10.6 Å². The molecule has 0 spiro atoms. The number of hydrogen-bond acceptors (Lipinski definition) is 2. The minimum Gasteiger partial charge on any atom is -0.352 e. The van der Waals surface area contributed by atoms with Gasteiger partial charge < -0.3 is 10.6 Å². The number of nitrogens with one attached hydrogen (secondary N) is 2. The third-order valence-corrected chi connectivity index (χ3v) is 4.29. The fourth-order valence-corrected chi connectivity index (χ4v) is 2.67. The van der Waals surface area contributed by atoms with E-state index in [1.165, 1.54) is 5.56 Å². The van der Waals surface area contributed by atoms with E-state index in [9.17, 15) is 9.59 Å². The Labute approximate surface area is 153 Å². The molecule has 0 aliphatic rings. The number of rotatable bonds is 7. The molecule has 0 radical (unpaired) electrons. The standard InChI is InChI=1S/C20H23ClN2O2/c1-14(12-13-16-8-4-3-5-9-16)22-19(24)15(2)23-20(25)17-10-6-7-11-18(17)21/h3-11,14-15H,12-13H2,1-2H3,(H,22,24)(H,23,25)/t14?,15-/m0/s1. The van der Waals surface area contributed by atoms with Crippen molar-refractivity contribution in [3.63, 3.8) is 0 Å². The number of benzene rings is 2. The van der Waals surface area contributed by atoms with Crippen LogP contribution in [0.1, 0.15) is 36.2 Å². The van der Waals surface area contributed by atoms with Gasteiger partial charge in [-0.15, -0.1) is 0 Å². The molecule has 4 nitrogen and oxygen atoms in total. The zero-order valence-corrected chi connectivity index (χ0v) is 15.2. The number of carbonyl (C=O) groups excluding carboxylic acids is 2. The smallest absolute Gasteiger partial charge is 0.253 e. The van der Waals surface area contributed by atoms with Gasteiger partial charge in [-0.25, -0.2) is 0 Å². The molecule has 0 aromatic heterocycles. The summed E-state index contributed by atoms with van der Waals surface area (Å²) in [4.78, 5) is 24.5. The Morgan fingerprint density at radius 1 is 0.960 bits per heavy atom. The predicted octanol–water partition coefficient (Wildman–Crippen LogP) is 3.60. The lowest BCUT2D eigenvalue weighted by atomic mass is 10.1. The van der Waals surface area contributed by atoms with Crippen LogP contribution in [0, 0.1) is 0 Å². The Balaban J connectivity index is 1.81. The Hall–Kier alpha value is -2.33. The van der Waals surface area contributed by atoms with Gasteiger partial charge in [-0.2, -0.15) is 0 Å². The molecule has 2 N–H and O–H groups in total. The molecule has 25 heavy (non-hydrogen) atoms. The average Bonchev–Trinajstić information content (AvgIpc) is 2.61. The third-order valence-electron chi connectivity index (χ3n) is 3.96. The monoisotopic (exact) mass is 358 g/mol. The summed E-state index contributed by atoms with van der Waals surface area (Å²) < 4.78 is 0. The highest BCUT2D eigenvalue weighted by atomic mass is 35.5. The van der Waals surface area contributed by atoms with Crippen molar-refractivity contribution in [3.05, 3.63) is 70.7 Å². The van der Waals surface area contributed by atoms with Crippen molar-refractivity contribution >= 4 is 23.4 Å². The van der Waals surface area contributed by atoms with Crippen molar-refractivity contribution in [1.82, 2.24) is 10.6 Å². The topological polar surface area (TPSA) is 58.2 Å². The van der Waals surface area contributed by atoms with Gasteiger partial charge in [0, 0.05) is 6.04 Å². The predicted molar refractivity (Wildman–Crippen MR) is 101 cm³/mol. The maximum absolute atomic E-state index is 12.3. The lowest BCUT2D eigenvalue weighted by Gasteiger charge is -2.19. The summed E-state index contributed by atoms with van der Waals surface area (Å²) in [6.07, 6.45) is 1.73. The molecule has 2 rings (SSSR count). The van der Waals surface area contributed by atoms with Crippen LogP contribution in [0.5, 0.6) is 0 Å². The van der Waals surface area contributed by atoms with E-state index in [1.807, 2.05) is 25.1 Å². The second-order valence-electron chi connectivity index (χ2n) is 6.11. The number of aryl methyl sites for hydroxylation is 1. The van der Waals surface area contributed by atoms with Crippen molar-refractivity contribution in [3.8, 4) is 0 Å². The zero-order chi connectivity index (χ0) is 18.2. The quantitative estimate of drug-likeness (QED) is 0.794. The van der Waals surface area contributed by atoms with Crippen molar-refractivity contribution in [2.75, 3.05) is 0 Å². The molecule has 2 aromatic rings. The van der Waals surface area contributed by atoms with Gasteiger partial charge in [0.15, 0.2) is 0 Å². The highest BCUT2D eigenvalue weighted by Crippen LogP contribution is 2.14. The molecular formula is C20H23ClN2O2. The maximum atomic E-state index is 12.3. The van der Waals surface area contributed by atoms with E-state index in [1.54, 1.807) is 31.2 Å². The van der Waals surface area contributed by atoms with Crippen LogP contribution in [0.15, 0.2) is 54.6 Å². The van der Waals surface area contributed by atoms with Crippen molar-refractivity contribution in [2.45, 2.75) is 38.8 Å². The first kappa shape index (κ1) is 19.0. The SMILES string of the molecule is CC(CCc1ccccc1)NC(=O)[C@H](C)NC(=O)c1ccccc1Cl. The van der Waals surface area contributed by atoms with E-state index in [-0.39, 0.29) is 17.9 Å². The molecule has 2 atom stereocenters. The number of amides is 2. The highest BCUT2D eigenvalue weighted by molar-refractivity contribution is 6.33. The van der Waals surface area contributed by atoms with Crippen molar-refractivity contribution in [1.29, 1.82) is 0 Å². The van der Waals surface area contributed by atoms with Crippen LogP contribution in [0.2, 0.25) is 5.02 Å². The number of hydrogen-bond donors (Lipinski definition) is 2. The molecule has 0 saturated heterocycles. The Kier molecular flexibility index (Phi) is 7.02. The van der Waals surface area contributed by atoms with E-state index in [2.05, 4.69) is 22.8 Å². The molecule has 0 heterocycles. The second kappa shape index (κ2) is 9.23. The van der Waals surface area contributed by atoms with E-state index in [4.69, 9.17) is 11.6 Å². The summed E-state index contributed by atoms with van der Waals surface area (Å²) >= 11 is 6.00. The fraction of sp³-hybridized carbons (Fsp3) is 0.300. The number of halogens is 1. The molecule has 0 bridgehead atoms. The zero-order valence-electron chi connectivity index (χ0n) is 14.5. The van der Waals surface area contributed by atoms with E-state index in [0.717, 1.165) is 12.8 Å². The van der Waals surface area contributed by atoms with E-state index >= 15 is 0 Å².